The summed E-state index contributed by atoms with van der Waals surface area (Å²) in [7, 11) is 0. The number of nitriles is 1. The molecule has 0 saturated carbocycles. The van der Waals surface area contributed by atoms with E-state index < -0.39 is 0 Å². The van der Waals surface area contributed by atoms with Gasteiger partial charge in [0.15, 0.2) is 5.69 Å². The van der Waals surface area contributed by atoms with E-state index in [9.17, 15) is 0 Å². The molecule has 3 N–H and O–H groups in total. The minimum atomic E-state index is 0.285. The van der Waals surface area contributed by atoms with Gasteiger partial charge >= 0.3 is 0 Å². The van der Waals surface area contributed by atoms with Gasteiger partial charge in [-0.2, -0.15) is 5.26 Å². The first-order valence-electron chi connectivity index (χ1n) is 10.2. The molecule has 0 radical (unpaired) electrons. The average Bonchev–Trinajstić information content (AvgIpc) is 2.79. The molecule has 0 unspecified atom stereocenters. The third kappa shape index (κ3) is 4.91. The van der Waals surface area contributed by atoms with Crippen LogP contribution < -0.4 is 16.0 Å². The summed E-state index contributed by atoms with van der Waals surface area (Å²) in [6.45, 7) is 5.19. The van der Waals surface area contributed by atoms with Crippen molar-refractivity contribution in [2.24, 2.45) is 5.92 Å². The maximum atomic E-state index is 8.88. The highest BCUT2D eigenvalue weighted by molar-refractivity contribution is 5.80. The van der Waals surface area contributed by atoms with E-state index in [0.717, 1.165) is 36.4 Å². The highest BCUT2D eigenvalue weighted by Gasteiger charge is 2.15. The van der Waals surface area contributed by atoms with Crippen LogP contribution in [0.25, 0.3) is 11.1 Å². The lowest BCUT2D eigenvalue weighted by Crippen LogP contribution is -2.31. The zero-order chi connectivity index (χ0) is 20.8. The van der Waals surface area contributed by atoms with Gasteiger partial charge in [-0.3, -0.25) is 0 Å². The lowest BCUT2D eigenvalue weighted by Gasteiger charge is -2.24. The number of nitrogens with zero attached hydrogens (tertiary/aromatic N) is 4. The van der Waals surface area contributed by atoms with Gasteiger partial charge in [-0.1, -0.05) is 29.8 Å². The van der Waals surface area contributed by atoms with Crippen molar-refractivity contribution in [1.82, 2.24) is 20.3 Å². The largest absolute Gasteiger partial charge is 0.384 e. The van der Waals surface area contributed by atoms with Gasteiger partial charge in [-0.25, -0.2) is 15.0 Å². The Balaban J connectivity index is 1.59. The van der Waals surface area contributed by atoms with Crippen molar-refractivity contribution in [3.63, 3.8) is 0 Å². The van der Waals surface area contributed by atoms with E-state index in [2.05, 4.69) is 62.1 Å². The van der Waals surface area contributed by atoms with Crippen LogP contribution in [-0.2, 0) is 0 Å². The lowest BCUT2D eigenvalue weighted by molar-refractivity contribution is 0.390. The lowest BCUT2D eigenvalue weighted by atomic mass is 9.97. The summed E-state index contributed by atoms with van der Waals surface area (Å²) in [6, 6.07) is 12.4. The maximum absolute atomic E-state index is 8.88. The molecular formula is C23H25N7. The van der Waals surface area contributed by atoms with Crippen LogP contribution >= 0.6 is 0 Å². The molecule has 1 aliphatic heterocycles. The number of pyridine rings is 1. The van der Waals surface area contributed by atoms with Crippen LogP contribution in [0.2, 0.25) is 0 Å². The molecule has 1 saturated heterocycles. The number of aryl methyl sites for hydroxylation is 1. The molecule has 1 aromatic carbocycles. The van der Waals surface area contributed by atoms with Gasteiger partial charge in [0.25, 0.3) is 0 Å². The highest BCUT2D eigenvalue weighted by Crippen LogP contribution is 2.31. The van der Waals surface area contributed by atoms with Crippen LogP contribution in [0.1, 0.15) is 24.1 Å². The molecule has 1 aliphatic rings. The molecular weight excluding hydrogens is 374 g/mol. The summed E-state index contributed by atoms with van der Waals surface area (Å²) in [5, 5.41) is 19.1. The number of benzene rings is 1. The van der Waals surface area contributed by atoms with Gasteiger partial charge in [0, 0.05) is 30.1 Å². The number of aromatic nitrogens is 3. The van der Waals surface area contributed by atoms with Crippen LogP contribution in [0, 0.1) is 24.2 Å². The second kappa shape index (κ2) is 9.33. The summed E-state index contributed by atoms with van der Waals surface area (Å²) < 4.78 is 0. The molecule has 0 spiro atoms. The number of anilines is 3. The molecule has 0 atom stereocenters. The van der Waals surface area contributed by atoms with E-state index in [4.69, 9.17) is 5.26 Å². The minimum Gasteiger partial charge on any atom is -0.384 e. The van der Waals surface area contributed by atoms with Crippen molar-refractivity contribution in [2.75, 3.05) is 30.3 Å². The van der Waals surface area contributed by atoms with Gasteiger partial charge in [-0.05, 0) is 44.3 Å². The molecule has 0 aliphatic carbocycles. The first-order chi connectivity index (χ1) is 14.7. The Morgan fingerprint density at radius 1 is 1.07 bits per heavy atom. The van der Waals surface area contributed by atoms with Gasteiger partial charge in [-0.15, -0.1) is 0 Å². The van der Waals surface area contributed by atoms with Crippen LogP contribution in [-0.4, -0.2) is 34.6 Å². The summed E-state index contributed by atoms with van der Waals surface area (Å²) >= 11 is 0. The third-order valence-electron chi connectivity index (χ3n) is 5.30. The van der Waals surface area contributed by atoms with Crippen LogP contribution in [0.15, 0.2) is 48.9 Å². The van der Waals surface area contributed by atoms with Crippen LogP contribution in [0.5, 0.6) is 0 Å². The smallest absolute Gasteiger partial charge is 0.158 e. The molecule has 0 amide bonds. The fraction of sp³-hybridized carbons (Fsp3) is 0.304. The Morgan fingerprint density at radius 3 is 2.63 bits per heavy atom. The van der Waals surface area contributed by atoms with Crippen molar-refractivity contribution in [1.29, 1.82) is 5.26 Å². The zero-order valence-corrected chi connectivity index (χ0v) is 17.0. The molecule has 30 heavy (non-hydrogen) atoms. The Kier molecular flexibility index (Phi) is 6.16. The standard InChI is InChI=1S/C23H25N7/c1-16-3-2-4-18(9-16)20-14-29-22(30-23-15-26-19(11-24)13-28-23)10-21(20)27-12-17-5-7-25-8-6-17/h2-4,9-10,13-15,17,25H,5-8,12H2,1H3,(H2,27,28,29,30). The van der Waals surface area contributed by atoms with Gasteiger partial charge in [0.05, 0.1) is 12.4 Å². The predicted molar refractivity (Wildman–Crippen MR) is 119 cm³/mol. The number of piperidine rings is 1. The van der Waals surface area contributed by atoms with Crippen LogP contribution in [0.3, 0.4) is 0 Å². The van der Waals surface area contributed by atoms with Crippen molar-refractivity contribution >= 4 is 17.3 Å². The molecule has 7 heteroatoms. The molecule has 152 valence electrons. The van der Waals surface area contributed by atoms with Gasteiger partial charge in [0.1, 0.15) is 17.7 Å². The van der Waals surface area contributed by atoms with Crippen molar-refractivity contribution in [3.8, 4) is 17.2 Å². The summed E-state index contributed by atoms with van der Waals surface area (Å²) in [6.07, 6.45) is 7.24. The zero-order valence-electron chi connectivity index (χ0n) is 17.0. The predicted octanol–water partition coefficient (Wildman–Crippen LogP) is 3.87. The fourth-order valence-corrected chi connectivity index (χ4v) is 3.63. The monoisotopic (exact) mass is 399 g/mol. The van der Waals surface area contributed by atoms with E-state index in [1.807, 2.05) is 18.3 Å². The second-order valence-corrected chi connectivity index (χ2v) is 7.58. The van der Waals surface area contributed by atoms with E-state index in [0.29, 0.717) is 17.6 Å². The topological polar surface area (TPSA) is 98.6 Å². The quantitative estimate of drug-likeness (QED) is 0.579. The third-order valence-corrected chi connectivity index (χ3v) is 5.30. The fourth-order valence-electron chi connectivity index (χ4n) is 3.63. The molecule has 7 nitrogen and oxygen atoms in total. The van der Waals surface area contributed by atoms with Crippen molar-refractivity contribution in [2.45, 2.75) is 19.8 Å². The molecule has 3 aromatic rings. The number of hydrogen-bond donors (Lipinski definition) is 3. The summed E-state index contributed by atoms with van der Waals surface area (Å²) in [5.74, 6) is 1.89. The molecule has 1 fully saturated rings. The number of nitrogens with one attached hydrogen (secondary N) is 3. The Hall–Kier alpha value is -3.50. The Morgan fingerprint density at radius 2 is 1.90 bits per heavy atom. The summed E-state index contributed by atoms with van der Waals surface area (Å²) in [5.41, 5.74) is 4.75. The molecule has 3 heterocycles. The van der Waals surface area contributed by atoms with Gasteiger partial charge in [0.2, 0.25) is 0 Å². The average molecular weight is 400 g/mol. The first-order valence-corrected chi connectivity index (χ1v) is 10.2. The Bertz CT molecular complexity index is 1030. The SMILES string of the molecule is Cc1cccc(-c2cnc(Nc3cnc(C#N)cn3)cc2NCC2CCNCC2)c1. The highest BCUT2D eigenvalue weighted by atomic mass is 15.1. The van der Waals surface area contributed by atoms with E-state index in [1.54, 1.807) is 0 Å². The first kappa shape index (κ1) is 19.8. The second-order valence-electron chi connectivity index (χ2n) is 7.58. The van der Waals surface area contributed by atoms with Gasteiger partial charge < -0.3 is 16.0 Å². The van der Waals surface area contributed by atoms with E-state index >= 15 is 0 Å². The molecule has 4 rings (SSSR count). The maximum Gasteiger partial charge on any atom is 0.158 e. The molecule has 0 bridgehead atoms. The molecule has 2 aromatic heterocycles. The Labute approximate surface area is 176 Å². The van der Waals surface area contributed by atoms with Crippen molar-refractivity contribution < 1.29 is 0 Å². The van der Waals surface area contributed by atoms with Crippen molar-refractivity contribution in [3.05, 3.63) is 60.2 Å². The number of rotatable bonds is 6. The normalized spacial score (nSPS) is 14.1. The summed E-state index contributed by atoms with van der Waals surface area (Å²) in [4.78, 5) is 12.9. The van der Waals surface area contributed by atoms with E-state index in [1.165, 1.54) is 30.8 Å². The minimum absolute atomic E-state index is 0.285. The van der Waals surface area contributed by atoms with E-state index in [-0.39, 0.29) is 5.69 Å². The van der Waals surface area contributed by atoms with Crippen LogP contribution in [0.4, 0.5) is 17.3 Å². The number of hydrogen-bond acceptors (Lipinski definition) is 7.